The molecule has 0 fully saturated rings. The number of benzene rings is 1. The molecular weight excluding hydrogens is 400 g/mol. The molecule has 8 heteroatoms. The molecule has 0 aliphatic heterocycles. The summed E-state index contributed by atoms with van der Waals surface area (Å²) in [4.78, 5) is 28.4. The zero-order chi connectivity index (χ0) is 21.3. The number of aromatic amines is 1. The van der Waals surface area contributed by atoms with Crippen molar-refractivity contribution in [2.24, 2.45) is 0 Å². The fourth-order valence-electron chi connectivity index (χ4n) is 2.79. The van der Waals surface area contributed by atoms with Crippen LogP contribution in [-0.2, 0) is 17.6 Å². The number of H-pyrrole nitrogens is 1. The van der Waals surface area contributed by atoms with Gasteiger partial charge in [0.1, 0.15) is 11.4 Å². The molecule has 0 unspecified atom stereocenters. The summed E-state index contributed by atoms with van der Waals surface area (Å²) in [5.41, 5.74) is 0.636. The molecule has 1 atom stereocenters. The Labute approximate surface area is 179 Å². The average Bonchev–Trinajstić information content (AvgIpc) is 3.26. The fourth-order valence-corrected chi connectivity index (χ4v) is 3.50. The Kier molecular flexibility index (Phi) is 7.73. The minimum Gasteiger partial charge on any atom is -0.491 e. The van der Waals surface area contributed by atoms with Crippen LogP contribution in [0.5, 0.6) is 5.75 Å². The van der Waals surface area contributed by atoms with Crippen LogP contribution >= 0.6 is 11.3 Å². The standard InChI is InChI=1S/C22H26N4O3S/c1-3-15(2)29-17-7-4-6-16(14-17)21-24-22(28)19(25-26-21)9-10-20(27)23-12-11-18-8-5-13-30-18/h4-8,13-15H,3,9-12H2,1-2H3,(H,23,27)(H,24,26,28)/t15-/m0/s1. The van der Waals surface area contributed by atoms with Crippen molar-refractivity contribution >= 4 is 17.2 Å². The molecule has 7 nitrogen and oxygen atoms in total. The van der Waals surface area contributed by atoms with Crippen molar-refractivity contribution in [2.75, 3.05) is 6.54 Å². The number of aromatic nitrogens is 3. The maximum atomic E-state index is 12.4. The molecule has 0 spiro atoms. The van der Waals surface area contributed by atoms with Gasteiger partial charge in [0.2, 0.25) is 5.91 Å². The molecule has 3 aromatic rings. The molecule has 0 bridgehead atoms. The summed E-state index contributed by atoms with van der Waals surface area (Å²) in [7, 11) is 0. The number of amides is 1. The first kappa shape index (κ1) is 21.7. The highest BCUT2D eigenvalue weighted by Crippen LogP contribution is 2.21. The van der Waals surface area contributed by atoms with E-state index in [1.165, 1.54) is 4.88 Å². The summed E-state index contributed by atoms with van der Waals surface area (Å²) < 4.78 is 5.82. The maximum absolute atomic E-state index is 12.4. The zero-order valence-corrected chi connectivity index (χ0v) is 18.0. The Morgan fingerprint density at radius 1 is 1.23 bits per heavy atom. The number of nitrogens with one attached hydrogen (secondary N) is 2. The van der Waals surface area contributed by atoms with E-state index in [-0.39, 0.29) is 36.1 Å². The lowest BCUT2D eigenvalue weighted by atomic mass is 10.2. The van der Waals surface area contributed by atoms with E-state index < -0.39 is 0 Å². The third-order valence-corrected chi connectivity index (χ3v) is 5.58. The number of rotatable bonds is 10. The predicted octanol–water partition coefficient (Wildman–Crippen LogP) is 3.36. The lowest BCUT2D eigenvalue weighted by Crippen LogP contribution is -2.27. The number of carbonyl (C=O) groups excluding carboxylic acids is 1. The average molecular weight is 427 g/mol. The molecule has 0 saturated carbocycles. The molecular formula is C22H26N4O3S. The van der Waals surface area contributed by atoms with Gasteiger partial charge in [-0.15, -0.1) is 21.5 Å². The van der Waals surface area contributed by atoms with Gasteiger partial charge in [-0.1, -0.05) is 25.1 Å². The van der Waals surface area contributed by atoms with Crippen LogP contribution in [0, 0.1) is 0 Å². The van der Waals surface area contributed by atoms with E-state index in [1.807, 2.05) is 48.7 Å². The number of hydrogen-bond donors (Lipinski definition) is 2. The van der Waals surface area contributed by atoms with Crippen LogP contribution in [0.1, 0.15) is 37.3 Å². The van der Waals surface area contributed by atoms with Crippen LogP contribution in [0.2, 0.25) is 0 Å². The number of carbonyl (C=O) groups is 1. The van der Waals surface area contributed by atoms with Crippen molar-refractivity contribution in [1.82, 2.24) is 20.5 Å². The van der Waals surface area contributed by atoms with Crippen LogP contribution in [-0.4, -0.2) is 33.7 Å². The second-order valence-electron chi connectivity index (χ2n) is 6.99. The lowest BCUT2D eigenvalue weighted by molar-refractivity contribution is -0.121. The van der Waals surface area contributed by atoms with Crippen molar-refractivity contribution in [3.8, 4) is 17.1 Å². The smallest absolute Gasteiger partial charge is 0.273 e. The SMILES string of the molecule is CC[C@H](C)Oc1cccc(-c2nnc(CCC(=O)NCCc3cccs3)c(=O)[nH]2)c1. The van der Waals surface area contributed by atoms with Gasteiger partial charge in [-0.25, -0.2) is 0 Å². The Balaban J connectivity index is 1.55. The van der Waals surface area contributed by atoms with Crippen LogP contribution in [0.25, 0.3) is 11.4 Å². The van der Waals surface area contributed by atoms with Crippen molar-refractivity contribution < 1.29 is 9.53 Å². The number of ether oxygens (including phenoxy) is 1. The van der Waals surface area contributed by atoms with E-state index >= 15 is 0 Å². The summed E-state index contributed by atoms with van der Waals surface area (Å²) in [6.07, 6.45) is 2.24. The van der Waals surface area contributed by atoms with Gasteiger partial charge in [0.15, 0.2) is 5.82 Å². The second-order valence-corrected chi connectivity index (χ2v) is 8.03. The molecule has 2 heterocycles. The monoisotopic (exact) mass is 426 g/mol. The normalized spacial score (nSPS) is 11.8. The van der Waals surface area contributed by atoms with E-state index in [2.05, 4.69) is 27.4 Å². The molecule has 2 N–H and O–H groups in total. The minimum absolute atomic E-state index is 0.101. The Morgan fingerprint density at radius 3 is 2.83 bits per heavy atom. The zero-order valence-electron chi connectivity index (χ0n) is 17.2. The highest BCUT2D eigenvalue weighted by Gasteiger charge is 2.11. The van der Waals surface area contributed by atoms with Gasteiger partial charge in [-0.05, 0) is 43.3 Å². The summed E-state index contributed by atoms with van der Waals surface area (Å²) >= 11 is 1.67. The van der Waals surface area contributed by atoms with Crippen molar-refractivity contribution in [3.63, 3.8) is 0 Å². The number of hydrogen-bond acceptors (Lipinski definition) is 6. The lowest BCUT2D eigenvalue weighted by Gasteiger charge is -2.13. The molecule has 2 aromatic heterocycles. The number of thiophene rings is 1. The van der Waals surface area contributed by atoms with Gasteiger partial charge in [0, 0.05) is 29.8 Å². The molecule has 0 aliphatic rings. The second kappa shape index (κ2) is 10.7. The van der Waals surface area contributed by atoms with Crippen LogP contribution in [0.15, 0.2) is 46.6 Å². The molecule has 3 rings (SSSR count). The van der Waals surface area contributed by atoms with E-state index in [0.717, 1.165) is 18.4 Å². The predicted molar refractivity (Wildman–Crippen MR) is 118 cm³/mol. The largest absolute Gasteiger partial charge is 0.491 e. The topological polar surface area (TPSA) is 97.0 Å². The van der Waals surface area contributed by atoms with Gasteiger partial charge >= 0.3 is 0 Å². The van der Waals surface area contributed by atoms with Crippen LogP contribution in [0.3, 0.4) is 0 Å². The van der Waals surface area contributed by atoms with E-state index in [1.54, 1.807) is 11.3 Å². The number of nitrogens with zero attached hydrogens (tertiary/aromatic N) is 2. The Morgan fingerprint density at radius 2 is 2.10 bits per heavy atom. The molecule has 0 aliphatic carbocycles. The van der Waals surface area contributed by atoms with Gasteiger partial charge in [-0.2, -0.15) is 0 Å². The first-order valence-corrected chi connectivity index (χ1v) is 10.9. The van der Waals surface area contributed by atoms with Crippen molar-refractivity contribution in [3.05, 3.63) is 62.7 Å². The van der Waals surface area contributed by atoms with Crippen LogP contribution in [0.4, 0.5) is 0 Å². The molecule has 1 aromatic carbocycles. The fraction of sp³-hybridized carbons (Fsp3) is 0.364. The molecule has 30 heavy (non-hydrogen) atoms. The van der Waals surface area contributed by atoms with Gasteiger partial charge < -0.3 is 15.0 Å². The maximum Gasteiger partial charge on any atom is 0.273 e. The van der Waals surface area contributed by atoms with Gasteiger partial charge in [0.25, 0.3) is 5.56 Å². The first-order valence-electron chi connectivity index (χ1n) is 10.1. The third kappa shape index (κ3) is 6.25. The highest BCUT2D eigenvalue weighted by atomic mass is 32.1. The molecule has 1 amide bonds. The van der Waals surface area contributed by atoms with E-state index in [9.17, 15) is 9.59 Å². The molecule has 158 valence electrons. The Hall–Kier alpha value is -3.00. The quantitative estimate of drug-likeness (QED) is 0.518. The van der Waals surface area contributed by atoms with Crippen molar-refractivity contribution in [1.29, 1.82) is 0 Å². The summed E-state index contributed by atoms with van der Waals surface area (Å²) in [6, 6.07) is 11.4. The first-order chi connectivity index (χ1) is 14.5. The van der Waals surface area contributed by atoms with Crippen LogP contribution < -0.4 is 15.6 Å². The third-order valence-electron chi connectivity index (χ3n) is 4.65. The summed E-state index contributed by atoms with van der Waals surface area (Å²) in [5, 5.41) is 13.1. The summed E-state index contributed by atoms with van der Waals surface area (Å²) in [5.74, 6) is 0.985. The molecule has 0 saturated heterocycles. The van der Waals surface area contributed by atoms with E-state index in [4.69, 9.17) is 4.74 Å². The van der Waals surface area contributed by atoms with Gasteiger partial charge in [0.05, 0.1) is 6.10 Å². The van der Waals surface area contributed by atoms with Crippen molar-refractivity contribution in [2.45, 2.75) is 45.6 Å². The molecule has 0 radical (unpaired) electrons. The number of aryl methyl sites for hydroxylation is 1. The highest BCUT2D eigenvalue weighted by molar-refractivity contribution is 7.09. The van der Waals surface area contributed by atoms with Gasteiger partial charge in [-0.3, -0.25) is 9.59 Å². The minimum atomic E-state index is -0.334. The summed E-state index contributed by atoms with van der Waals surface area (Å²) in [6.45, 7) is 4.64. The Bertz CT molecular complexity index is 1020. The van der Waals surface area contributed by atoms with E-state index in [0.29, 0.717) is 18.1 Å².